The first kappa shape index (κ1) is 16.9. The minimum atomic E-state index is -3.31. The van der Waals surface area contributed by atoms with Crippen LogP contribution in [0.15, 0.2) is 16.3 Å². The molecule has 0 bridgehead atoms. The SMILES string of the molecule is Cc1ccc(S(=O)(=O)NCCCN(C)C2CCCCC2)s1. The zero-order valence-electron chi connectivity index (χ0n) is 13.0. The average Bonchev–Trinajstić information content (AvgIpc) is 2.92. The highest BCUT2D eigenvalue weighted by Gasteiger charge is 2.18. The first-order valence-electron chi connectivity index (χ1n) is 7.75. The lowest BCUT2D eigenvalue weighted by Crippen LogP contribution is -2.35. The molecule has 4 nitrogen and oxygen atoms in total. The maximum Gasteiger partial charge on any atom is 0.250 e. The molecule has 1 saturated carbocycles. The minimum Gasteiger partial charge on any atom is -0.303 e. The van der Waals surface area contributed by atoms with Gasteiger partial charge in [-0.1, -0.05) is 19.3 Å². The van der Waals surface area contributed by atoms with Crippen LogP contribution in [0, 0.1) is 6.92 Å². The molecular weight excluding hydrogens is 304 g/mol. The molecule has 1 aromatic heterocycles. The maximum atomic E-state index is 12.1. The van der Waals surface area contributed by atoms with Crippen molar-refractivity contribution in [2.75, 3.05) is 20.1 Å². The molecule has 6 heteroatoms. The van der Waals surface area contributed by atoms with E-state index in [1.807, 2.05) is 13.0 Å². The number of nitrogens with zero attached hydrogens (tertiary/aromatic N) is 1. The van der Waals surface area contributed by atoms with Crippen molar-refractivity contribution in [1.29, 1.82) is 0 Å². The van der Waals surface area contributed by atoms with Crippen molar-refractivity contribution in [3.63, 3.8) is 0 Å². The highest BCUT2D eigenvalue weighted by molar-refractivity contribution is 7.91. The Bertz CT molecular complexity index is 534. The monoisotopic (exact) mass is 330 g/mol. The van der Waals surface area contributed by atoms with E-state index in [4.69, 9.17) is 0 Å². The van der Waals surface area contributed by atoms with Gasteiger partial charge in [-0.2, -0.15) is 0 Å². The molecule has 1 aliphatic rings. The van der Waals surface area contributed by atoms with Gasteiger partial charge < -0.3 is 4.90 Å². The van der Waals surface area contributed by atoms with Gasteiger partial charge in [-0.25, -0.2) is 13.1 Å². The van der Waals surface area contributed by atoms with Crippen LogP contribution in [0.25, 0.3) is 0 Å². The summed E-state index contributed by atoms with van der Waals surface area (Å²) in [5.74, 6) is 0. The topological polar surface area (TPSA) is 49.4 Å². The van der Waals surface area contributed by atoms with Gasteiger partial charge >= 0.3 is 0 Å². The van der Waals surface area contributed by atoms with E-state index in [0.29, 0.717) is 16.8 Å². The number of hydrogen-bond acceptors (Lipinski definition) is 4. The van der Waals surface area contributed by atoms with Crippen molar-refractivity contribution < 1.29 is 8.42 Å². The zero-order valence-corrected chi connectivity index (χ0v) is 14.6. The molecule has 1 N–H and O–H groups in total. The van der Waals surface area contributed by atoms with Gasteiger partial charge in [0, 0.05) is 17.5 Å². The second kappa shape index (κ2) is 7.72. The van der Waals surface area contributed by atoms with E-state index < -0.39 is 10.0 Å². The van der Waals surface area contributed by atoms with E-state index >= 15 is 0 Å². The fourth-order valence-electron chi connectivity index (χ4n) is 2.87. The molecule has 1 fully saturated rings. The molecule has 0 radical (unpaired) electrons. The van der Waals surface area contributed by atoms with Gasteiger partial charge in [0.2, 0.25) is 10.0 Å². The van der Waals surface area contributed by atoms with Crippen LogP contribution in [0.5, 0.6) is 0 Å². The molecule has 0 amide bonds. The number of sulfonamides is 1. The van der Waals surface area contributed by atoms with Crippen molar-refractivity contribution in [3.8, 4) is 0 Å². The van der Waals surface area contributed by atoms with Gasteiger partial charge in [0.15, 0.2) is 0 Å². The Morgan fingerprint density at radius 2 is 2.00 bits per heavy atom. The van der Waals surface area contributed by atoms with Gasteiger partial charge in [-0.3, -0.25) is 0 Å². The number of rotatable bonds is 7. The molecule has 1 aliphatic carbocycles. The molecule has 1 aromatic rings. The van der Waals surface area contributed by atoms with Crippen molar-refractivity contribution in [2.45, 2.75) is 55.7 Å². The second-order valence-corrected chi connectivity index (χ2v) is 9.17. The van der Waals surface area contributed by atoms with Crippen LogP contribution in [0.1, 0.15) is 43.4 Å². The first-order valence-corrected chi connectivity index (χ1v) is 10.1. The normalized spacial score (nSPS) is 17.5. The first-order chi connectivity index (χ1) is 9.99. The zero-order chi connectivity index (χ0) is 15.3. The van der Waals surface area contributed by atoms with Crippen LogP contribution >= 0.6 is 11.3 Å². The summed E-state index contributed by atoms with van der Waals surface area (Å²) in [4.78, 5) is 3.41. The van der Waals surface area contributed by atoms with Crippen LogP contribution in [0.4, 0.5) is 0 Å². The van der Waals surface area contributed by atoms with Gasteiger partial charge in [-0.15, -0.1) is 11.3 Å². The van der Waals surface area contributed by atoms with Crippen LogP contribution in [0.3, 0.4) is 0 Å². The molecule has 0 spiro atoms. The Hall–Kier alpha value is -0.430. The summed E-state index contributed by atoms with van der Waals surface area (Å²) >= 11 is 1.32. The van der Waals surface area contributed by atoms with Crippen LogP contribution < -0.4 is 4.72 Å². The lowest BCUT2D eigenvalue weighted by molar-refractivity contribution is 0.190. The predicted octanol–water partition coefficient (Wildman–Crippen LogP) is 2.99. The summed E-state index contributed by atoms with van der Waals surface area (Å²) in [5.41, 5.74) is 0. The van der Waals surface area contributed by atoms with Crippen molar-refractivity contribution in [2.24, 2.45) is 0 Å². The quantitative estimate of drug-likeness (QED) is 0.782. The summed E-state index contributed by atoms with van der Waals surface area (Å²) < 4.78 is 27.3. The van der Waals surface area contributed by atoms with Crippen LogP contribution in [-0.4, -0.2) is 39.5 Å². The van der Waals surface area contributed by atoms with E-state index in [0.717, 1.165) is 17.8 Å². The number of thiophene rings is 1. The Morgan fingerprint density at radius 3 is 2.62 bits per heavy atom. The third-order valence-corrected chi connectivity index (χ3v) is 7.11. The van der Waals surface area contributed by atoms with Gasteiger partial charge in [-0.05, 0) is 51.9 Å². The van der Waals surface area contributed by atoms with Crippen molar-refractivity contribution in [3.05, 3.63) is 17.0 Å². The fraction of sp³-hybridized carbons (Fsp3) is 0.733. The Labute approximate surface area is 132 Å². The Kier molecular flexibility index (Phi) is 6.22. The maximum absolute atomic E-state index is 12.1. The van der Waals surface area contributed by atoms with Gasteiger partial charge in [0.25, 0.3) is 0 Å². The van der Waals surface area contributed by atoms with E-state index in [-0.39, 0.29) is 0 Å². The molecule has 0 aliphatic heterocycles. The molecule has 1 heterocycles. The predicted molar refractivity (Wildman–Crippen MR) is 88.4 cm³/mol. The fourth-order valence-corrected chi connectivity index (χ4v) is 5.27. The third-order valence-electron chi connectivity index (χ3n) is 4.16. The lowest BCUT2D eigenvalue weighted by Gasteiger charge is -2.31. The molecule has 0 unspecified atom stereocenters. The van der Waals surface area contributed by atoms with E-state index in [9.17, 15) is 8.42 Å². The number of hydrogen-bond donors (Lipinski definition) is 1. The minimum absolute atomic E-state index is 0.417. The second-order valence-electron chi connectivity index (χ2n) is 5.89. The standard InChI is InChI=1S/C15H26N2O2S2/c1-13-9-10-15(20-13)21(18,19)16-11-6-12-17(2)14-7-4-3-5-8-14/h9-10,14,16H,3-8,11-12H2,1-2H3. The van der Waals surface area contributed by atoms with E-state index in [1.54, 1.807) is 6.07 Å². The van der Waals surface area contributed by atoms with Gasteiger partial charge in [0.1, 0.15) is 4.21 Å². The third kappa shape index (κ3) is 5.06. The van der Waals surface area contributed by atoms with Crippen molar-refractivity contribution in [1.82, 2.24) is 9.62 Å². The highest BCUT2D eigenvalue weighted by atomic mass is 32.2. The summed E-state index contributed by atoms with van der Waals surface area (Å²) in [7, 11) is -1.15. The van der Waals surface area contributed by atoms with E-state index in [2.05, 4.69) is 16.7 Å². The Balaban J connectivity index is 1.71. The summed E-state index contributed by atoms with van der Waals surface area (Å²) in [6, 6.07) is 4.21. The summed E-state index contributed by atoms with van der Waals surface area (Å²) in [6.07, 6.45) is 7.47. The van der Waals surface area contributed by atoms with Crippen LogP contribution in [-0.2, 0) is 10.0 Å². The number of aryl methyl sites for hydroxylation is 1. The van der Waals surface area contributed by atoms with E-state index in [1.165, 1.54) is 43.4 Å². The average molecular weight is 331 g/mol. The summed E-state index contributed by atoms with van der Waals surface area (Å²) in [6.45, 7) is 3.38. The smallest absolute Gasteiger partial charge is 0.250 e. The molecule has 21 heavy (non-hydrogen) atoms. The summed E-state index contributed by atoms with van der Waals surface area (Å²) in [5, 5.41) is 0. The molecule has 120 valence electrons. The Morgan fingerprint density at radius 1 is 1.29 bits per heavy atom. The molecule has 2 rings (SSSR count). The molecular formula is C15H26N2O2S2. The largest absolute Gasteiger partial charge is 0.303 e. The molecule has 0 saturated heterocycles. The number of nitrogens with one attached hydrogen (secondary N) is 1. The van der Waals surface area contributed by atoms with Gasteiger partial charge in [0.05, 0.1) is 0 Å². The van der Waals surface area contributed by atoms with Crippen molar-refractivity contribution >= 4 is 21.4 Å². The molecule has 0 aromatic carbocycles. The van der Waals surface area contributed by atoms with Crippen LogP contribution in [0.2, 0.25) is 0 Å². The molecule has 0 atom stereocenters. The highest BCUT2D eigenvalue weighted by Crippen LogP contribution is 2.22. The lowest BCUT2D eigenvalue weighted by atomic mass is 9.94.